The predicted molar refractivity (Wildman–Crippen MR) is 106 cm³/mol. The normalized spacial score (nSPS) is 12.9. The molecule has 0 saturated heterocycles. The van der Waals surface area contributed by atoms with E-state index in [-0.39, 0.29) is 0 Å². The third-order valence-corrected chi connectivity index (χ3v) is 5.26. The highest BCUT2D eigenvalue weighted by molar-refractivity contribution is 5.87. The molecule has 5 rings (SSSR count). The van der Waals surface area contributed by atoms with Crippen LogP contribution in [0.25, 0.3) is 16.7 Å². The van der Waals surface area contributed by atoms with Crippen molar-refractivity contribution in [3.05, 3.63) is 65.2 Å². The van der Waals surface area contributed by atoms with Crippen molar-refractivity contribution >= 4 is 28.2 Å². The Hall–Kier alpha value is -3.52. The fourth-order valence-electron chi connectivity index (χ4n) is 4.06. The second kappa shape index (κ2) is 6.03. The Labute approximate surface area is 156 Å². The molecule has 132 valence electrons. The fraction of sp³-hybridized carbons (Fsp3) is 0.182. The van der Waals surface area contributed by atoms with Crippen molar-refractivity contribution in [1.29, 1.82) is 5.26 Å². The number of imidazole rings is 1. The third-order valence-electron chi connectivity index (χ3n) is 5.26. The van der Waals surface area contributed by atoms with Crippen molar-refractivity contribution in [3.63, 3.8) is 0 Å². The molecule has 0 aliphatic heterocycles. The van der Waals surface area contributed by atoms with E-state index in [1.54, 1.807) is 7.11 Å². The standard InChI is InChI=1S/C22H18N4O/c1-27-15-7-4-6-14(12-15)24-21-17-9-5-8-16(17)18(13-23)22-25-19-10-2-3-11-20(19)26(21)22/h2-4,6-7,10-12,24H,5,8-9H2,1H3. The molecule has 0 saturated carbocycles. The minimum Gasteiger partial charge on any atom is -0.497 e. The van der Waals surface area contributed by atoms with E-state index in [0.717, 1.165) is 58.8 Å². The zero-order valence-electron chi connectivity index (χ0n) is 15.0. The van der Waals surface area contributed by atoms with Crippen molar-refractivity contribution in [2.24, 2.45) is 0 Å². The largest absolute Gasteiger partial charge is 0.497 e. The van der Waals surface area contributed by atoms with E-state index in [9.17, 15) is 5.26 Å². The van der Waals surface area contributed by atoms with E-state index in [1.165, 1.54) is 5.56 Å². The number of hydrogen-bond acceptors (Lipinski definition) is 4. The summed E-state index contributed by atoms with van der Waals surface area (Å²) in [6.07, 6.45) is 2.94. The molecule has 0 fully saturated rings. The van der Waals surface area contributed by atoms with Gasteiger partial charge in [-0.15, -0.1) is 0 Å². The predicted octanol–water partition coefficient (Wildman–Crippen LogP) is 4.60. The summed E-state index contributed by atoms with van der Waals surface area (Å²) in [5.41, 5.74) is 6.62. The minimum absolute atomic E-state index is 0.704. The topological polar surface area (TPSA) is 62.3 Å². The van der Waals surface area contributed by atoms with Gasteiger partial charge >= 0.3 is 0 Å². The number of nitriles is 1. The van der Waals surface area contributed by atoms with Crippen LogP contribution in [0.3, 0.4) is 0 Å². The monoisotopic (exact) mass is 354 g/mol. The average Bonchev–Trinajstić information content (AvgIpc) is 3.33. The lowest BCUT2D eigenvalue weighted by molar-refractivity contribution is 0.415. The van der Waals surface area contributed by atoms with Gasteiger partial charge in [-0.2, -0.15) is 5.26 Å². The summed E-state index contributed by atoms with van der Waals surface area (Å²) in [6, 6.07) is 18.3. The van der Waals surface area contributed by atoms with Crippen LogP contribution in [0.15, 0.2) is 48.5 Å². The maximum atomic E-state index is 9.83. The van der Waals surface area contributed by atoms with E-state index in [1.807, 2.05) is 42.5 Å². The smallest absolute Gasteiger partial charge is 0.157 e. The molecule has 0 unspecified atom stereocenters. The van der Waals surface area contributed by atoms with Gasteiger partial charge in [0, 0.05) is 11.8 Å². The summed E-state index contributed by atoms with van der Waals surface area (Å²) in [5, 5.41) is 13.4. The lowest BCUT2D eigenvalue weighted by Crippen LogP contribution is -2.06. The molecule has 5 heteroatoms. The Balaban J connectivity index is 1.84. The fourth-order valence-corrected chi connectivity index (χ4v) is 4.06. The van der Waals surface area contributed by atoms with Crippen molar-refractivity contribution in [1.82, 2.24) is 9.38 Å². The Morgan fingerprint density at radius 2 is 1.96 bits per heavy atom. The Kier molecular flexibility index (Phi) is 3.51. The van der Waals surface area contributed by atoms with Crippen LogP contribution in [0, 0.1) is 11.3 Å². The number of rotatable bonds is 3. The van der Waals surface area contributed by atoms with Crippen LogP contribution in [0.2, 0.25) is 0 Å². The van der Waals surface area contributed by atoms with Gasteiger partial charge in [0.2, 0.25) is 0 Å². The first-order valence-corrected chi connectivity index (χ1v) is 9.06. The highest BCUT2D eigenvalue weighted by Gasteiger charge is 2.25. The van der Waals surface area contributed by atoms with Crippen LogP contribution >= 0.6 is 0 Å². The van der Waals surface area contributed by atoms with Crippen molar-refractivity contribution in [3.8, 4) is 11.8 Å². The summed E-state index contributed by atoms with van der Waals surface area (Å²) >= 11 is 0. The number of nitrogens with one attached hydrogen (secondary N) is 1. The number of aromatic nitrogens is 2. The average molecular weight is 354 g/mol. The van der Waals surface area contributed by atoms with Crippen LogP contribution < -0.4 is 10.1 Å². The number of hydrogen-bond donors (Lipinski definition) is 1. The minimum atomic E-state index is 0.704. The first-order chi connectivity index (χ1) is 13.3. The number of para-hydroxylation sites is 2. The Bertz CT molecular complexity index is 1230. The molecule has 0 spiro atoms. The van der Waals surface area contributed by atoms with Gasteiger partial charge in [-0.1, -0.05) is 18.2 Å². The van der Waals surface area contributed by atoms with E-state index in [0.29, 0.717) is 5.56 Å². The maximum absolute atomic E-state index is 9.83. The van der Waals surface area contributed by atoms with Gasteiger partial charge in [0.05, 0.1) is 23.7 Å². The SMILES string of the molecule is COc1cccc(Nc2c3c(c(C#N)c4nc5ccccc5n24)CCC3)c1. The highest BCUT2D eigenvalue weighted by atomic mass is 16.5. The van der Waals surface area contributed by atoms with Gasteiger partial charge in [-0.25, -0.2) is 4.98 Å². The molecule has 2 aromatic heterocycles. The summed E-state index contributed by atoms with van der Waals surface area (Å²) < 4.78 is 7.46. The van der Waals surface area contributed by atoms with E-state index < -0.39 is 0 Å². The molecule has 0 amide bonds. The third kappa shape index (κ3) is 2.34. The number of anilines is 2. The molecule has 1 N–H and O–H groups in total. The second-order valence-corrected chi connectivity index (χ2v) is 6.76. The van der Waals surface area contributed by atoms with Gasteiger partial charge in [0.15, 0.2) is 5.65 Å². The molecular formula is C22H18N4O. The Morgan fingerprint density at radius 3 is 2.81 bits per heavy atom. The molecule has 0 radical (unpaired) electrons. The number of ether oxygens (including phenoxy) is 1. The molecule has 27 heavy (non-hydrogen) atoms. The molecule has 2 aromatic carbocycles. The second-order valence-electron chi connectivity index (χ2n) is 6.76. The number of fused-ring (bicyclic) bond motifs is 4. The van der Waals surface area contributed by atoms with Crippen molar-refractivity contribution in [2.75, 3.05) is 12.4 Å². The summed E-state index contributed by atoms with van der Waals surface area (Å²) in [7, 11) is 1.67. The zero-order valence-corrected chi connectivity index (χ0v) is 15.0. The van der Waals surface area contributed by atoms with Crippen molar-refractivity contribution < 1.29 is 4.74 Å². The molecule has 1 aliphatic carbocycles. The van der Waals surface area contributed by atoms with Gasteiger partial charge < -0.3 is 10.1 Å². The number of benzene rings is 2. The molecular weight excluding hydrogens is 336 g/mol. The number of nitrogens with zero attached hydrogens (tertiary/aromatic N) is 3. The van der Waals surface area contributed by atoms with Crippen molar-refractivity contribution in [2.45, 2.75) is 19.3 Å². The van der Waals surface area contributed by atoms with Crippen LogP contribution in [-0.2, 0) is 12.8 Å². The first-order valence-electron chi connectivity index (χ1n) is 9.06. The van der Waals surface area contributed by atoms with E-state index in [4.69, 9.17) is 9.72 Å². The highest BCUT2D eigenvalue weighted by Crippen LogP contribution is 2.37. The lowest BCUT2D eigenvalue weighted by Gasteiger charge is -2.16. The maximum Gasteiger partial charge on any atom is 0.157 e. The van der Waals surface area contributed by atoms with E-state index >= 15 is 0 Å². The summed E-state index contributed by atoms with van der Waals surface area (Å²) in [5.74, 6) is 1.80. The van der Waals surface area contributed by atoms with Crippen LogP contribution in [-0.4, -0.2) is 16.5 Å². The van der Waals surface area contributed by atoms with Crippen LogP contribution in [0.4, 0.5) is 11.5 Å². The molecule has 1 aliphatic rings. The summed E-state index contributed by atoms with van der Waals surface area (Å²) in [4.78, 5) is 4.78. The quantitative estimate of drug-likeness (QED) is 0.584. The molecule has 0 bridgehead atoms. The molecule has 2 heterocycles. The molecule has 0 atom stereocenters. The van der Waals surface area contributed by atoms with Gasteiger partial charge in [0.25, 0.3) is 0 Å². The van der Waals surface area contributed by atoms with Crippen LogP contribution in [0.5, 0.6) is 5.75 Å². The molecule has 4 aromatic rings. The van der Waals surface area contributed by atoms with E-state index in [2.05, 4.69) is 21.9 Å². The van der Waals surface area contributed by atoms with Gasteiger partial charge in [-0.05, 0) is 54.7 Å². The van der Waals surface area contributed by atoms with Crippen LogP contribution in [0.1, 0.15) is 23.1 Å². The zero-order chi connectivity index (χ0) is 18.4. The van der Waals surface area contributed by atoms with Gasteiger partial charge in [0.1, 0.15) is 17.6 Å². The number of methoxy groups -OCH3 is 1. The molecule has 5 nitrogen and oxygen atoms in total. The first kappa shape index (κ1) is 15.7. The lowest BCUT2D eigenvalue weighted by atomic mass is 10.1. The number of pyridine rings is 1. The Morgan fingerprint density at radius 1 is 1.11 bits per heavy atom. The van der Waals surface area contributed by atoms with Gasteiger partial charge in [-0.3, -0.25) is 4.40 Å². The summed E-state index contributed by atoms with van der Waals surface area (Å²) in [6.45, 7) is 0.